The standard InChI is InChI=1S/C10H12Cl2N2/c11-7-2-1-6(3-7)9-4-8(12)5-14-10(9)13/h4-7H,1-3H2,(H2,13,14). The molecule has 0 spiro atoms. The van der Waals surface area contributed by atoms with E-state index < -0.39 is 0 Å². The average molecular weight is 231 g/mol. The van der Waals surface area contributed by atoms with Crippen LogP contribution >= 0.6 is 23.2 Å². The molecule has 2 unspecified atom stereocenters. The van der Waals surface area contributed by atoms with Crippen molar-refractivity contribution in [2.24, 2.45) is 0 Å². The summed E-state index contributed by atoms with van der Waals surface area (Å²) >= 11 is 11.9. The van der Waals surface area contributed by atoms with Crippen molar-refractivity contribution < 1.29 is 0 Å². The molecule has 2 rings (SSSR count). The molecule has 1 fully saturated rings. The predicted molar refractivity (Wildman–Crippen MR) is 59.9 cm³/mol. The number of nitrogens with two attached hydrogens (primary N) is 1. The van der Waals surface area contributed by atoms with E-state index in [2.05, 4.69) is 4.98 Å². The molecule has 0 aromatic carbocycles. The number of alkyl halides is 1. The summed E-state index contributed by atoms with van der Waals surface area (Å²) in [6, 6.07) is 1.91. The van der Waals surface area contributed by atoms with Crippen molar-refractivity contribution in [3.8, 4) is 0 Å². The highest BCUT2D eigenvalue weighted by Gasteiger charge is 2.26. The van der Waals surface area contributed by atoms with Gasteiger partial charge in [0, 0.05) is 11.6 Å². The zero-order chi connectivity index (χ0) is 10.1. The molecule has 76 valence electrons. The summed E-state index contributed by atoms with van der Waals surface area (Å²) < 4.78 is 0. The lowest BCUT2D eigenvalue weighted by molar-refractivity contribution is 0.723. The van der Waals surface area contributed by atoms with E-state index in [0.717, 1.165) is 24.8 Å². The molecule has 1 saturated carbocycles. The van der Waals surface area contributed by atoms with Crippen molar-refractivity contribution in [1.29, 1.82) is 0 Å². The maximum atomic E-state index is 6.05. The van der Waals surface area contributed by atoms with E-state index in [-0.39, 0.29) is 5.38 Å². The number of hydrogen-bond acceptors (Lipinski definition) is 2. The van der Waals surface area contributed by atoms with Gasteiger partial charge in [-0.15, -0.1) is 11.6 Å². The molecule has 1 aromatic heterocycles. The predicted octanol–water partition coefficient (Wildman–Crippen LogP) is 3.19. The van der Waals surface area contributed by atoms with Crippen LogP contribution < -0.4 is 5.73 Å². The summed E-state index contributed by atoms with van der Waals surface area (Å²) in [5.74, 6) is 1.02. The van der Waals surface area contributed by atoms with Crippen LogP contribution in [-0.4, -0.2) is 10.4 Å². The Hall–Kier alpha value is -0.470. The fraction of sp³-hybridized carbons (Fsp3) is 0.500. The third-order valence-corrected chi connectivity index (χ3v) is 3.33. The van der Waals surface area contributed by atoms with E-state index in [0.29, 0.717) is 16.8 Å². The van der Waals surface area contributed by atoms with Gasteiger partial charge in [-0.05, 0) is 36.8 Å². The molecule has 2 atom stereocenters. The maximum Gasteiger partial charge on any atom is 0.126 e. The van der Waals surface area contributed by atoms with Crippen LogP contribution in [0.25, 0.3) is 0 Å². The van der Waals surface area contributed by atoms with Gasteiger partial charge in [0.1, 0.15) is 5.82 Å². The Morgan fingerprint density at radius 3 is 2.86 bits per heavy atom. The molecule has 2 N–H and O–H groups in total. The van der Waals surface area contributed by atoms with Gasteiger partial charge in [0.05, 0.1) is 5.02 Å². The first-order valence-electron chi connectivity index (χ1n) is 4.72. The number of nitrogen functional groups attached to an aromatic ring is 1. The quantitative estimate of drug-likeness (QED) is 0.754. The van der Waals surface area contributed by atoms with Crippen LogP contribution in [0.2, 0.25) is 5.02 Å². The number of halogens is 2. The first kappa shape index (κ1) is 10.1. The van der Waals surface area contributed by atoms with E-state index in [4.69, 9.17) is 28.9 Å². The molecule has 1 aliphatic rings. The summed E-state index contributed by atoms with van der Waals surface area (Å²) in [6.07, 6.45) is 4.69. The second-order valence-electron chi connectivity index (χ2n) is 3.74. The monoisotopic (exact) mass is 230 g/mol. The van der Waals surface area contributed by atoms with Gasteiger partial charge in [-0.1, -0.05) is 11.6 Å². The first-order valence-corrected chi connectivity index (χ1v) is 5.53. The Balaban J connectivity index is 2.27. The summed E-state index contributed by atoms with van der Waals surface area (Å²) in [6.45, 7) is 0. The van der Waals surface area contributed by atoms with E-state index >= 15 is 0 Å². The van der Waals surface area contributed by atoms with Crippen LogP contribution in [0.3, 0.4) is 0 Å². The summed E-state index contributed by atoms with van der Waals surface area (Å²) in [4.78, 5) is 4.05. The molecule has 4 heteroatoms. The molecule has 0 aliphatic heterocycles. The Labute approximate surface area is 93.4 Å². The molecule has 14 heavy (non-hydrogen) atoms. The summed E-state index contributed by atoms with van der Waals surface area (Å²) in [5, 5.41) is 0.922. The van der Waals surface area contributed by atoms with Crippen molar-refractivity contribution in [2.75, 3.05) is 5.73 Å². The molecular formula is C10H12Cl2N2. The van der Waals surface area contributed by atoms with E-state index in [1.165, 1.54) is 0 Å². The Morgan fingerprint density at radius 2 is 2.21 bits per heavy atom. The minimum Gasteiger partial charge on any atom is -0.383 e. The minimum atomic E-state index is 0.276. The smallest absolute Gasteiger partial charge is 0.126 e. The van der Waals surface area contributed by atoms with Gasteiger partial charge in [0.2, 0.25) is 0 Å². The number of anilines is 1. The van der Waals surface area contributed by atoms with Gasteiger partial charge in [0.15, 0.2) is 0 Å². The Kier molecular flexibility index (Phi) is 2.84. The lowest BCUT2D eigenvalue weighted by Crippen LogP contribution is -2.02. The van der Waals surface area contributed by atoms with Crippen molar-refractivity contribution in [3.63, 3.8) is 0 Å². The topological polar surface area (TPSA) is 38.9 Å². The highest BCUT2D eigenvalue weighted by Crippen LogP contribution is 2.39. The average Bonchev–Trinajstić information content (AvgIpc) is 2.56. The van der Waals surface area contributed by atoms with E-state index in [1.807, 2.05) is 6.07 Å². The SMILES string of the molecule is Nc1ncc(Cl)cc1C1CCC(Cl)C1. The van der Waals surface area contributed by atoms with Crippen LogP contribution in [0.4, 0.5) is 5.82 Å². The number of rotatable bonds is 1. The highest BCUT2D eigenvalue weighted by atomic mass is 35.5. The third-order valence-electron chi connectivity index (χ3n) is 2.72. The van der Waals surface area contributed by atoms with Gasteiger partial charge in [0.25, 0.3) is 0 Å². The van der Waals surface area contributed by atoms with Crippen LogP contribution in [-0.2, 0) is 0 Å². The summed E-state index contributed by atoms with van der Waals surface area (Å²) in [7, 11) is 0. The second kappa shape index (κ2) is 3.95. The lowest BCUT2D eigenvalue weighted by Gasteiger charge is -2.11. The molecule has 0 saturated heterocycles. The fourth-order valence-electron chi connectivity index (χ4n) is 2.00. The van der Waals surface area contributed by atoms with Crippen molar-refractivity contribution in [1.82, 2.24) is 4.98 Å². The normalized spacial score (nSPS) is 26.7. The Bertz CT molecular complexity index is 341. The molecule has 1 aromatic rings. The van der Waals surface area contributed by atoms with Crippen molar-refractivity contribution in [3.05, 3.63) is 22.8 Å². The van der Waals surface area contributed by atoms with Gasteiger partial charge in [-0.2, -0.15) is 0 Å². The summed E-state index contributed by atoms with van der Waals surface area (Å²) in [5.41, 5.74) is 6.86. The minimum absolute atomic E-state index is 0.276. The maximum absolute atomic E-state index is 6.05. The molecule has 0 bridgehead atoms. The van der Waals surface area contributed by atoms with E-state index in [9.17, 15) is 0 Å². The Morgan fingerprint density at radius 1 is 1.43 bits per heavy atom. The first-order chi connectivity index (χ1) is 6.66. The van der Waals surface area contributed by atoms with Crippen molar-refractivity contribution in [2.45, 2.75) is 30.6 Å². The van der Waals surface area contributed by atoms with Crippen LogP contribution in [0.15, 0.2) is 12.3 Å². The molecule has 0 amide bonds. The van der Waals surface area contributed by atoms with Crippen LogP contribution in [0, 0.1) is 0 Å². The molecule has 2 nitrogen and oxygen atoms in total. The third kappa shape index (κ3) is 1.96. The number of nitrogens with zero attached hydrogens (tertiary/aromatic N) is 1. The van der Waals surface area contributed by atoms with Crippen LogP contribution in [0.5, 0.6) is 0 Å². The molecule has 0 radical (unpaired) electrons. The van der Waals surface area contributed by atoms with Crippen molar-refractivity contribution >= 4 is 29.0 Å². The van der Waals surface area contributed by atoms with Gasteiger partial charge >= 0.3 is 0 Å². The van der Waals surface area contributed by atoms with Gasteiger partial charge in [-0.25, -0.2) is 4.98 Å². The molecule has 1 heterocycles. The van der Waals surface area contributed by atoms with Crippen LogP contribution in [0.1, 0.15) is 30.7 Å². The van der Waals surface area contributed by atoms with E-state index in [1.54, 1.807) is 6.20 Å². The fourth-order valence-corrected chi connectivity index (χ4v) is 2.51. The highest BCUT2D eigenvalue weighted by molar-refractivity contribution is 6.30. The zero-order valence-corrected chi connectivity index (χ0v) is 9.22. The van der Waals surface area contributed by atoms with Gasteiger partial charge in [-0.3, -0.25) is 0 Å². The van der Waals surface area contributed by atoms with Gasteiger partial charge < -0.3 is 5.73 Å². The second-order valence-corrected chi connectivity index (χ2v) is 4.79. The number of pyridine rings is 1. The largest absolute Gasteiger partial charge is 0.383 e. The molecule has 1 aliphatic carbocycles. The number of aromatic nitrogens is 1. The number of hydrogen-bond donors (Lipinski definition) is 1. The molecular weight excluding hydrogens is 219 g/mol. The zero-order valence-electron chi connectivity index (χ0n) is 7.71. The lowest BCUT2D eigenvalue weighted by atomic mass is 9.98.